The molecule has 0 fully saturated rings. The first-order valence-electron chi connectivity index (χ1n) is 6.71. The van der Waals surface area contributed by atoms with Crippen molar-refractivity contribution >= 4 is 21.8 Å². The highest BCUT2D eigenvalue weighted by Gasteiger charge is 2.21. The molecule has 118 valence electrons. The highest BCUT2D eigenvalue weighted by Crippen LogP contribution is 1.98. The van der Waals surface area contributed by atoms with Gasteiger partial charge < -0.3 is 15.7 Å². The first kappa shape index (κ1) is 18.7. The third-order valence-electron chi connectivity index (χ3n) is 2.70. The molecule has 3 N–H and O–H groups in total. The molecule has 20 heavy (non-hydrogen) atoms. The molecular weight excluding hydrogens is 284 g/mol. The average molecular weight is 308 g/mol. The molecule has 1 unspecified atom stereocenters. The summed E-state index contributed by atoms with van der Waals surface area (Å²) in [5.41, 5.74) is 0. The fraction of sp³-hybridized carbons (Fsp3) is 0.833. The fourth-order valence-electron chi connectivity index (χ4n) is 1.55. The van der Waals surface area contributed by atoms with Gasteiger partial charge in [-0.1, -0.05) is 26.2 Å². The van der Waals surface area contributed by atoms with E-state index in [0.717, 1.165) is 31.9 Å². The molecule has 0 aromatic rings. The van der Waals surface area contributed by atoms with Gasteiger partial charge in [0.1, 0.15) is 15.9 Å². The van der Waals surface area contributed by atoms with Gasteiger partial charge in [0, 0.05) is 12.8 Å². The number of hydrogen-bond acceptors (Lipinski definition) is 4. The van der Waals surface area contributed by atoms with Crippen LogP contribution in [0.5, 0.6) is 0 Å². The molecule has 0 aliphatic heterocycles. The van der Waals surface area contributed by atoms with E-state index in [1.165, 1.54) is 0 Å². The Morgan fingerprint density at radius 3 is 2.35 bits per heavy atom. The fourth-order valence-corrected chi connectivity index (χ4v) is 2.22. The maximum atomic E-state index is 11.5. The van der Waals surface area contributed by atoms with Crippen molar-refractivity contribution in [1.29, 1.82) is 0 Å². The average Bonchev–Trinajstić information content (AvgIpc) is 2.32. The van der Waals surface area contributed by atoms with Crippen LogP contribution in [-0.2, 0) is 14.6 Å². The molecule has 0 saturated heterocycles. The number of nitrogens with one attached hydrogen (secondary N) is 2. The highest BCUT2D eigenvalue weighted by atomic mass is 32.2. The minimum absolute atomic E-state index is 0.141. The van der Waals surface area contributed by atoms with Gasteiger partial charge in [0.15, 0.2) is 0 Å². The van der Waals surface area contributed by atoms with Crippen molar-refractivity contribution in [2.24, 2.45) is 0 Å². The first-order chi connectivity index (χ1) is 9.26. The summed E-state index contributed by atoms with van der Waals surface area (Å²) in [5, 5.41) is 13.8. The van der Waals surface area contributed by atoms with Crippen molar-refractivity contribution in [3.8, 4) is 0 Å². The summed E-state index contributed by atoms with van der Waals surface area (Å²) in [6.45, 7) is 2.56. The molecule has 8 heteroatoms. The van der Waals surface area contributed by atoms with E-state index in [1.807, 2.05) is 0 Å². The van der Waals surface area contributed by atoms with Crippen LogP contribution < -0.4 is 10.6 Å². The van der Waals surface area contributed by atoms with E-state index in [4.69, 9.17) is 5.11 Å². The van der Waals surface area contributed by atoms with Gasteiger partial charge in [-0.05, 0) is 12.8 Å². The van der Waals surface area contributed by atoms with Gasteiger partial charge in [-0.25, -0.2) is 18.0 Å². The molecule has 0 bridgehead atoms. The number of aliphatic carboxylic acids is 1. The molecule has 0 rings (SSSR count). The summed E-state index contributed by atoms with van der Waals surface area (Å²) in [4.78, 5) is 22.4. The van der Waals surface area contributed by atoms with Crippen LogP contribution in [-0.4, -0.2) is 50.1 Å². The standard InChI is InChI=1S/C12H24N2O5S/c1-3-4-5-6-8-13-12(17)14-10(11(15)16)7-9-20(2,18)19/h10H,3-9H2,1-2H3,(H,15,16)(H2,13,14,17). The number of amides is 2. The summed E-state index contributed by atoms with van der Waals surface area (Å²) < 4.78 is 22.0. The maximum absolute atomic E-state index is 11.5. The second kappa shape index (κ2) is 9.57. The van der Waals surface area contributed by atoms with Crippen molar-refractivity contribution in [3.05, 3.63) is 0 Å². The zero-order valence-corrected chi connectivity index (χ0v) is 12.8. The monoisotopic (exact) mass is 308 g/mol. The third-order valence-corrected chi connectivity index (χ3v) is 3.67. The van der Waals surface area contributed by atoms with Crippen LogP contribution in [0.3, 0.4) is 0 Å². The predicted molar refractivity (Wildman–Crippen MR) is 76.4 cm³/mol. The van der Waals surface area contributed by atoms with E-state index < -0.39 is 27.9 Å². The Morgan fingerprint density at radius 1 is 1.20 bits per heavy atom. The molecule has 0 spiro atoms. The highest BCUT2D eigenvalue weighted by molar-refractivity contribution is 7.90. The topological polar surface area (TPSA) is 113 Å². The summed E-state index contributed by atoms with van der Waals surface area (Å²) in [6, 6.07) is -1.78. The van der Waals surface area contributed by atoms with Gasteiger partial charge in [-0.3, -0.25) is 0 Å². The number of carboxylic acids is 1. The second-order valence-electron chi connectivity index (χ2n) is 4.77. The molecule has 0 aromatic carbocycles. The lowest BCUT2D eigenvalue weighted by molar-refractivity contribution is -0.139. The number of unbranched alkanes of at least 4 members (excludes halogenated alkanes) is 3. The predicted octanol–water partition coefficient (Wildman–Crippen LogP) is 0.754. The lowest BCUT2D eigenvalue weighted by atomic mass is 10.2. The molecular formula is C12H24N2O5S. The summed E-state index contributed by atoms with van der Waals surface area (Å²) in [6.07, 6.45) is 4.92. The number of sulfone groups is 1. The molecule has 0 aliphatic rings. The van der Waals surface area contributed by atoms with Crippen molar-refractivity contribution < 1.29 is 23.1 Å². The SMILES string of the molecule is CCCCCCNC(=O)NC(CCS(C)(=O)=O)C(=O)O. The van der Waals surface area contributed by atoms with Gasteiger partial charge >= 0.3 is 12.0 Å². The van der Waals surface area contributed by atoms with Crippen LogP contribution in [0.2, 0.25) is 0 Å². The minimum Gasteiger partial charge on any atom is -0.480 e. The van der Waals surface area contributed by atoms with Gasteiger partial charge in [0.2, 0.25) is 0 Å². The van der Waals surface area contributed by atoms with E-state index in [0.29, 0.717) is 6.54 Å². The molecule has 1 atom stereocenters. The van der Waals surface area contributed by atoms with Gasteiger partial charge in [0.05, 0.1) is 5.75 Å². The number of carbonyl (C=O) groups excluding carboxylic acids is 1. The summed E-state index contributed by atoms with van der Waals surface area (Å²) in [5.74, 6) is -1.52. The van der Waals surface area contributed by atoms with Gasteiger partial charge in [-0.2, -0.15) is 0 Å². The Kier molecular flexibility index (Phi) is 8.94. The Labute approximate surface area is 120 Å². The van der Waals surface area contributed by atoms with Crippen LogP contribution in [0.1, 0.15) is 39.0 Å². The zero-order valence-electron chi connectivity index (χ0n) is 12.0. The van der Waals surface area contributed by atoms with E-state index >= 15 is 0 Å². The molecule has 0 saturated carbocycles. The Bertz CT molecular complexity index is 408. The lowest BCUT2D eigenvalue weighted by Crippen LogP contribution is -2.46. The molecule has 0 heterocycles. The van der Waals surface area contributed by atoms with Crippen molar-refractivity contribution in [1.82, 2.24) is 10.6 Å². The smallest absolute Gasteiger partial charge is 0.326 e. The summed E-state index contributed by atoms with van der Waals surface area (Å²) in [7, 11) is -3.25. The lowest BCUT2D eigenvalue weighted by Gasteiger charge is -2.14. The first-order valence-corrected chi connectivity index (χ1v) is 8.77. The zero-order chi connectivity index (χ0) is 15.6. The van der Waals surface area contributed by atoms with Crippen LogP contribution in [0.25, 0.3) is 0 Å². The van der Waals surface area contributed by atoms with Crippen molar-refractivity contribution in [3.63, 3.8) is 0 Å². The van der Waals surface area contributed by atoms with E-state index in [-0.39, 0.29) is 12.2 Å². The Morgan fingerprint density at radius 2 is 1.85 bits per heavy atom. The third kappa shape index (κ3) is 10.6. The molecule has 2 amide bonds. The quantitative estimate of drug-likeness (QED) is 0.516. The number of hydrogen-bond donors (Lipinski definition) is 3. The van der Waals surface area contributed by atoms with Gasteiger partial charge in [-0.15, -0.1) is 0 Å². The van der Waals surface area contributed by atoms with Crippen molar-refractivity contribution in [2.75, 3.05) is 18.6 Å². The number of urea groups is 1. The van der Waals surface area contributed by atoms with Crippen molar-refractivity contribution in [2.45, 2.75) is 45.1 Å². The normalized spacial score (nSPS) is 12.7. The van der Waals surface area contributed by atoms with Gasteiger partial charge in [0.25, 0.3) is 0 Å². The molecule has 0 aliphatic carbocycles. The molecule has 0 aromatic heterocycles. The Balaban J connectivity index is 4.05. The molecule has 7 nitrogen and oxygen atoms in total. The van der Waals surface area contributed by atoms with E-state index in [2.05, 4.69) is 17.6 Å². The van der Waals surface area contributed by atoms with Crippen LogP contribution in [0, 0.1) is 0 Å². The second-order valence-corrected chi connectivity index (χ2v) is 7.03. The molecule has 0 radical (unpaired) electrons. The number of rotatable bonds is 10. The van der Waals surface area contributed by atoms with E-state index in [1.54, 1.807) is 0 Å². The van der Waals surface area contributed by atoms with E-state index in [9.17, 15) is 18.0 Å². The van der Waals surface area contributed by atoms with Crippen LogP contribution in [0.4, 0.5) is 4.79 Å². The number of carbonyl (C=O) groups is 2. The summed E-state index contributed by atoms with van der Waals surface area (Å²) >= 11 is 0. The minimum atomic E-state index is -3.25. The van der Waals surface area contributed by atoms with Crippen LogP contribution >= 0.6 is 0 Å². The maximum Gasteiger partial charge on any atom is 0.326 e. The largest absolute Gasteiger partial charge is 0.480 e. The van der Waals surface area contributed by atoms with Crippen LogP contribution in [0.15, 0.2) is 0 Å². The number of carboxylic acid groups (broad SMARTS) is 1. The Hall–Kier alpha value is -1.31.